The van der Waals surface area contributed by atoms with Gasteiger partial charge in [-0.2, -0.15) is 0 Å². The summed E-state index contributed by atoms with van der Waals surface area (Å²) >= 11 is 0. The zero-order chi connectivity index (χ0) is 20.2. The summed E-state index contributed by atoms with van der Waals surface area (Å²) in [4.78, 5) is 7.51. The number of aryl methyl sites for hydroxylation is 1. The summed E-state index contributed by atoms with van der Waals surface area (Å²) in [6.45, 7) is 3.99. The number of hydrogen-bond acceptors (Lipinski definition) is 6. The van der Waals surface area contributed by atoms with Crippen LogP contribution in [0.5, 0.6) is 11.5 Å². The molecule has 1 fully saturated rings. The summed E-state index contributed by atoms with van der Waals surface area (Å²) in [5, 5.41) is 5.06. The number of likely N-dealkylation sites (tertiary alicyclic amines) is 1. The fourth-order valence-corrected chi connectivity index (χ4v) is 4.72. The van der Waals surface area contributed by atoms with Crippen molar-refractivity contribution in [3.05, 3.63) is 23.4 Å². The van der Waals surface area contributed by atoms with Gasteiger partial charge in [-0.1, -0.05) is 0 Å². The number of methoxy groups -OCH3 is 3. The number of hydrogen-bond donors (Lipinski definition) is 1. The maximum Gasteiger partial charge on any atom is 0.162 e. The van der Waals surface area contributed by atoms with Crippen molar-refractivity contribution in [2.24, 2.45) is 0 Å². The molecule has 2 aliphatic rings. The van der Waals surface area contributed by atoms with Crippen molar-refractivity contribution >= 4 is 16.6 Å². The molecule has 1 atom stereocenters. The molecule has 1 aliphatic heterocycles. The quantitative estimate of drug-likeness (QED) is 0.767. The molecule has 2 aromatic rings. The van der Waals surface area contributed by atoms with Gasteiger partial charge in [0, 0.05) is 49.1 Å². The van der Waals surface area contributed by atoms with Gasteiger partial charge in [-0.05, 0) is 56.7 Å². The molecule has 158 valence electrons. The van der Waals surface area contributed by atoms with Crippen LogP contribution in [-0.2, 0) is 17.6 Å². The number of aromatic nitrogens is 1. The number of rotatable bonds is 7. The van der Waals surface area contributed by atoms with E-state index in [4.69, 9.17) is 19.2 Å². The first-order chi connectivity index (χ1) is 14.2. The Morgan fingerprint density at radius 2 is 1.86 bits per heavy atom. The summed E-state index contributed by atoms with van der Waals surface area (Å²) in [5.74, 6) is 1.49. The Balaban J connectivity index is 1.71. The molecule has 1 aromatic heterocycles. The van der Waals surface area contributed by atoms with E-state index in [1.807, 2.05) is 6.07 Å². The third-order valence-electron chi connectivity index (χ3n) is 6.23. The Hall–Kier alpha value is -2.05. The topological polar surface area (TPSA) is 55.9 Å². The van der Waals surface area contributed by atoms with E-state index in [1.54, 1.807) is 21.3 Å². The van der Waals surface area contributed by atoms with Crippen molar-refractivity contribution in [2.75, 3.05) is 52.9 Å². The van der Waals surface area contributed by atoms with E-state index < -0.39 is 0 Å². The number of anilines is 1. The van der Waals surface area contributed by atoms with Crippen molar-refractivity contribution in [1.82, 2.24) is 9.88 Å². The highest BCUT2D eigenvalue weighted by molar-refractivity contribution is 5.96. The van der Waals surface area contributed by atoms with Crippen molar-refractivity contribution in [3.63, 3.8) is 0 Å². The SMILES string of the molecule is COCCN1CCC[C@@H](Nc2c3c(nc4cc(OC)c(OC)cc24)CCCC3)C1. The van der Waals surface area contributed by atoms with Gasteiger partial charge in [0.2, 0.25) is 0 Å². The molecule has 29 heavy (non-hydrogen) atoms. The lowest BCUT2D eigenvalue weighted by molar-refractivity contribution is 0.131. The molecule has 0 amide bonds. The Morgan fingerprint density at radius 1 is 1.07 bits per heavy atom. The van der Waals surface area contributed by atoms with Crippen molar-refractivity contribution in [3.8, 4) is 11.5 Å². The van der Waals surface area contributed by atoms with Gasteiger partial charge < -0.3 is 19.5 Å². The van der Waals surface area contributed by atoms with Gasteiger partial charge in [0.15, 0.2) is 11.5 Å². The molecule has 6 heteroatoms. The molecule has 1 aromatic carbocycles. The van der Waals surface area contributed by atoms with Crippen LogP contribution >= 0.6 is 0 Å². The lowest BCUT2D eigenvalue weighted by Gasteiger charge is -2.34. The highest BCUT2D eigenvalue weighted by atomic mass is 16.5. The molecule has 1 aliphatic carbocycles. The van der Waals surface area contributed by atoms with Crippen LogP contribution in [0.2, 0.25) is 0 Å². The maximum atomic E-state index is 5.59. The van der Waals surface area contributed by atoms with Gasteiger partial charge in [0.25, 0.3) is 0 Å². The maximum absolute atomic E-state index is 5.59. The Bertz CT molecular complexity index is 850. The van der Waals surface area contributed by atoms with E-state index in [1.165, 1.54) is 42.6 Å². The monoisotopic (exact) mass is 399 g/mol. The molecular weight excluding hydrogens is 366 g/mol. The molecule has 6 nitrogen and oxygen atoms in total. The van der Waals surface area contributed by atoms with E-state index in [0.29, 0.717) is 6.04 Å². The third-order valence-corrected chi connectivity index (χ3v) is 6.23. The smallest absolute Gasteiger partial charge is 0.162 e. The highest BCUT2D eigenvalue weighted by Gasteiger charge is 2.24. The van der Waals surface area contributed by atoms with Gasteiger partial charge in [0.1, 0.15) is 0 Å². The molecule has 1 N–H and O–H groups in total. The molecule has 4 rings (SSSR count). The van der Waals surface area contributed by atoms with Crippen LogP contribution in [0.1, 0.15) is 36.9 Å². The van der Waals surface area contributed by atoms with Gasteiger partial charge in [-0.15, -0.1) is 0 Å². The molecule has 2 heterocycles. The normalized spacial score (nSPS) is 19.8. The number of fused-ring (bicyclic) bond motifs is 2. The molecule has 0 saturated carbocycles. The second-order valence-electron chi connectivity index (χ2n) is 8.12. The van der Waals surface area contributed by atoms with Crippen LogP contribution in [0.4, 0.5) is 5.69 Å². The van der Waals surface area contributed by atoms with Crippen LogP contribution in [-0.4, -0.2) is 63.5 Å². The number of pyridine rings is 1. The summed E-state index contributed by atoms with van der Waals surface area (Å²) in [6, 6.07) is 4.54. The zero-order valence-electron chi connectivity index (χ0n) is 17.9. The fraction of sp³-hybridized carbons (Fsp3) is 0.609. The minimum absolute atomic E-state index is 0.435. The molecule has 0 bridgehead atoms. The first-order valence-electron chi connectivity index (χ1n) is 10.8. The van der Waals surface area contributed by atoms with Crippen LogP contribution in [0.3, 0.4) is 0 Å². The van der Waals surface area contributed by atoms with Gasteiger partial charge in [0.05, 0.1) is 26.3 Å². The second-order valence-corrected chi connectivity index (χ2v) is 8.12. The predicted octanol–water partition coefficient (Wildman–Crippen LogP) is 3.65. The van der Waals surface area contributed by atoms with Crippen LogP contribution in [0.15, 0.2) is 12.1 Å². The largest absolute Gasteiger partial charge is 0.493 e. The first kappa shape index (κ1) is 20.2. The van der Waals surface area contributed by atoms with Gasteiger partial charge in [-0.25, -0.2) is 0 Å². The van der Waals surface area contributed by atoms with Crippen LogP contribution < -0.4 is 14.8 Å². The molecule has 1 saturated heterocycles. The lowest BCUT2D eigenvalue weighted by Crippen LogP contribution is -2.43. The highest BCUT2D eigenvalue weighted by Crippen LogP contribution is 2.39. The van der Waals surface area contributed by atoms with Crippen molar-refractivity contribution in [1.29, 1.82) is 0 Å². The summed E-state index contributed by atoms with van der Waals surface area (Å²) in [6.07, 6.45) is 6.99. The molecule has 0 radical (unpaired) electrons. The van der Waals surface area contributed by atoms with Crippen LogP contribution in [0, 0.1) is 0 Å². The number of piperidine rings is 1. The summed E-state index contributed by atoms with van der Waals surface area (Å²) in [7, 11) is 5.14. The minimum atomic E-state index is 0.435. The zero-order valence-corrected chi connectivity index (χ0v) is 17.9. The number of nitrogens with one attached hydrogen (secondary N) is 1. The standard InChI is InChI=1S/C23H33N3O3/c1-27-12-11-26-10-6-7-16(15-26)24-23-17-8-4-5-9-19(17)25-20-14-22(29-3)21(28-2)13-18(20)23/h13-14,16H,4-12,15H2,1-3H3,(H,24,25)/t16-/m1/s1. The minimum Gasteiger partial charge on any atom is -0.493 e. The first-order valence-corrected chi connectivity index (χ1v) is 10.8. The van der Waals surface area contributed by atoms with Gasteiger partial charge >= 0.3 is 0 Å². The number of ether oxygens (including phenoxy) is 3. The van der Waals surface area contributed by atoms with E-state index in [2.05, 4.69) is 16.3 Å². The van der Waals surface area contributed by atoms with Crippen LogP contribution in [0.25, 0.3) is 10.9 Å². The van der Waals surface area contributed by atoms with E-state index in [9.17, 15) is 0 Å². The van der Waals surface area contributed by atoms with Gasteiger partial charge in [-0.3, -0.25) is 9.88 Å². The average molecular weight is 400 g/mol. The number of benzene rings is 1. The van der Waals surface area contributed by atoms with E-state index in [0.717, 1.165) is 61.5 Å². The molecule has 0 spiro atoms. The average Bonchev–Trinajstić information content (AvgIpc) is 2.77. The van der Waals surface area contributed by atoms with E-state index in [-0.39, 0.29) is 0 Å². The second kappa shape index (κ2) is 9.18. The summed E-state index contributed by atoms with van der Waals surface area (Å²) < 4.78 is 16.4. The number of nitrogens with zero attached hydrogens (tertiary/aromatic N) is 2. The predicted molar refractivity (Wildman–Crippen MR) is 116 cm³/mol. The van der Waals surface area contributed by atoms with Crippen molar-refractivity contribution < 1.29 is 14.2 Å². The fourth-order valence-electron chi connectivity index (χ4n) is 4.72. The van der Waals surface area contributed by atoms with Crippen molar-refractivity contribution in [2.45, 2.75) is 44.6 Å². The van der Waals surface area contributed by atoms with E-state index >= 15 is 0 Å². The lowest BCUT2D eigenvalue weighted by atomic mass is 9.92. The Kier molecular flexibility index (Phi) is 6.40. The Morgan fingerprint density at radius 3 is 2.66 bits per heavy atom. The molecule has 0 unspecified atom stereocenters. The Labute approximate surface area is 173 Å². The summed E-state index contributed by atoms with van der Waals surface area (Å²) in [5.41, 5.74) is 4.87. The third kappa shape index (κ3) is 4.28. The molecular formula is C23H33N3O3.